The molecule has 1 aliphatic heterocycles. The van der Waals surface area contributed by atoms with Crippen molar-refractivity contribution in [3.63, 3.8) is 0 Å². The number of benzene rings is 2. The Balaban J connectivity index is 2.03. The Bertz CT molecular complexity index is 1070. The van der Waals surface area contributed by atoms with E-state index in [2.05, 4.69) is 20.3 Å². The number of nitrogens with one attached hydrogen (secondary N) is 3. The number of carbonyl (C=O) groups is 1. The van der Waals surface area contributed by atoms with E-state index in [1.54, 1.807) is 25.1 Å². The maximum atomic E-state index is 13.3. The van der Waals surface area contributed by atoms with Gasteiger partial charge in [-0.3, -0.25) is 9.52 Å². The predicted octanol–water partition coefficient (Wildman–Crippen LogP) is 2.96. The maximum absolute atomic E-state index is 13.3. The molecule has 2 aromatic carbocycles. The van der Waals surface area contributed by atoms with Gasteiger partial charge in [-0.25, -0.2) is 8.42 Å². The van der Waals surface area contributed by atoms with Crippen molar-refractivity contribution in [2.75, 3.05) is 35.8 Å². The quantitative estimate of drug-likeness (QED) is 0.637. The first-order valence-electron chi connectivity index (χ1n) is 10.6. The van der Waals surface area contributed by atoms with Crippen molar-refractivity contribution in [2.24, 2.45) is 0 Å². The molecule has 1 heterocycles. The third-order valence-corrected chi connectivity index (χ3v) is 6.97. The molecule has 0 radical (unpaired) electrons. The van der Waals surface area contributed by atoms with E-state index in [0.29, 0.717) is 16.8 Å². The van der Waals surface area contributed by atoms with Gasteiger partial charge in [-0.1, -0.05) is 6.07 Å². The topological polar surface area (TPSA) is 90.5 Å². The highest BCUT2D eigenvalue weighted by Gasteiger charge is 2.23. The van der Waals surface area contributed by atoms with Gasteiger partial charge in [0.1, 0.15) is 0 Å². The van der Waals surface area contributed by atoms with E-state index in [9.17, 15) is 13.2 Å². The molecule has 0 aliphatic carbocycles. The molecule has 1 amide bonds. The molecule has 168 valence electrons. The Hall–Kier alpha value is -2.58. The van der Waals surface area contributed by atoms with Gasteiger partial charge in [-0.05, 0) is 75.6 Å². The Morgan fingerprint density at radius 3 is 2.29 bits per heavy atom. The summed E-state index contributed by atoms with van der Waals surface area (Å²) in [5.41, 5.74) is 4.25. The van der Waals surface area contributed by atoms with Gasteiger partial charge in [0.05, 0.1) is 16.3 Å². The second-order valence-electron chi connectivity index (χ2n) is 8.40. The van der Waals surface area contributed by atoms with Crippen LogP contribution in [-0.4, -0.2) is 46.5 Å². The van der Waals surface area contributed by atoms with Crippen LogP contribution in [0.15, 0.2) is 35.2 Å². The fourth-order valence-corrected chi connectivity index (χ4v) is 5.09. The van der Waals surface area contributed by atoms with Gasteiger partial charge in [0.2, 0.25) is 0 Å². The number of carbonyl (C=O) groups excluding carboxylic acids is 1. The second-order valence-corrected chi connectivity index (χ2v) is 10.1. The number of anilines is 2. The van der Waals surface area contributed by atoms with Gasteiger partial charge in [0, 0.05) is 37.8 Å². The standard InChI is InChI=1S/C23H32N4O3S/c1-15(2)25-23(28)19-6-7-21(27-10-8-24-9-11-27)20(14-19)26-31(29,30)22-13-17(4)16(3)12-18(22)5/h6-7,12-15,24,26H,8-11H2,1-5H3,(H,25,28). The number of piperazine rings is 1. The van der Waals surface area contributed by atoms with E-state index in [-0.39, 0.29) is 16.8 Å². The first-order chi connectivity index (χ1) is 14.6. The van der Waals surface area contributed by atoms with Crippen LogP contribution < -0.4 is 20.3 Å². The second kappa shape index (κ2) is 9.28. The van der Waals surface area contributed by atoms with Gasteiger partial charge in [-0.15, -0.1) is 0 Å². The van der Waals surface area contributed by atoms with Crippen LogP contribution in [0, 0.1) is 20.8 Å². The number of nitrogens with zero attached hydrogens (tertiary/aromatic N) is 1. The summed E-state index contributed by atoms with van der Waals surface area (Å²) in [6, 6.07) is 8.77. The predicted molar refractivity (Wildman–Crippen MR) is 126 cm³/mol. The highest BCUT2D eigenvalue weighted by Crippen LogP contribution is 2.31. The van der Waals surface area contributed by atoms with Crippen molar-refractivity contribution in [3.8, 4) is 0 Å². The maximum Gasteiger partial charge on any atom is 0.262 e. The van der Waals surface area contributed by atoms with Crippen molar-refractivity contribution in [1.29, 1.82) is 0 Å². The molecule has 7 nitrogen and oxygen atoms in total. The molecule has 0 unspecified atom stereocenters. The van der Waals surface area contributed by atoms with Crippen LogP contribution in [0.4, 0.5) is 11.4 Å². The van der Waals surface area contributed by atoms with Crippen molar-refractivity contribution in [1.82, 2.24) is 10.6 Å². The summed E-state index contributed by atoms with van der Waals surface area (Å²) in [5.74, 6) is -0.232. The fourth-order valence-electron chi connectivity index (χ4n) is 3.71. The molecule has 0 aromatic heterocycles. The van der Waals surface area contributed by atoms with E-state index >= 15 is 0 Å². The Labute approximate surface area is 185 Å². The molecule has 0 saturated carbocycles. The number of hydrogen-bond donors (Lipinski definition) is 3. The number of aryl methyl sites for hydroxylation is 3. The van der Waals surface area contributed by atoms with Crippen LogP contribution in [0.5, 0.6) is 0 Å². The summed E-state index contributed by atoms with van der Waals surface area (Å²) < 4.78 is 29.4. The van der Waals surface area contributed by atoms with E-state index < -0.39 is 10.0 Å². The molecule has 1 aliphatic rings. The smallest absolute Gasteiger partial charge is 0.262 e. The van der Waals surface area contributed by atoms with Crippen LogP contribution >= 0.6 is 0 Å². The van der Waals surface area contributed by atoms with Crippen molar-refractivity contribution in [3.05, 3.63) is 52.6 Å². The van der Waals surface area contributed by atoms with Crippen LogP contribution in [0.2, 0.25) is 0 Å². The van der Waals surface area contributed by atoms with Crippen LogP contribution in [0.25, 0.3) is 0 Å². The first-order valence-corrected chi connectivity index (χ1v) is 12.1. The number of rotatable bonds is 6. The lowest BCUT2D eigenvalue weighted by atomic mass is 10.1. The third kappa shape index (κ3) is 5.37. The van der Waals surface area contributed by atoms with Crippen LogP contribution in [0.3, 0.4) is 0 Å². The molecule has 0 bridgehead atoms. The minimum atomic E-state index is -3.83. The molecule has 1 fully saturated rings. The zero-order valence-corrected chi connectivity index (χ0v) is 19.7. The van der Waals surface area contributed by atoms with E-state index in [4.69, 9.17) is 0 Å². The minimum Gasteiger partial charge on any atom is -0.367 e. The number of hydrogen-bond acceptors (Lipinski definition) is 5. The number of amides is 1. The van der Waals surface area contributed by atoms with Crippen molar-refractivity contribution >= 4 is 27.3 Å². The van der Waals surface area contributed by atoms with E-state index in [0.717, 1.165) is 43.0 Å². The molecule has 0 spiro atoms. The summed E-state index contributed by atoms with van der Waals surface area (Å²) in [4.78, 5) is 14.9. The Kier molecular flexibility index (Phi) is 6.91. The summed E-state index contributed by atoms with van der Waals surface area (Å²) in [7, 11) is -3.83. The molecule has 2 aromatic rings. The Morgan fingerprint density at radius 2 is 1.65 bits per heavy atom. The van der Waals surface area contributed by atoms with Crippen molar-refractivity contribution < 1.29 is 13.2 Å². The first kappa shape index (κ1) is 23.1. The highest BCUT2D eigenvalue weighted by molar-refractivity contribution is 7.92. The highest BCUT2D eigenvalue weighted by atomic mass is 32.2. The monoisotopic (exact) mass is 444 g/mol. The molecule has 3 rings (SSSR count). The SMILES string of the molecule is Cc1cc(C)c(S(=O)(=O)Nc2cc(C(=O)NC(C)C)ccc2N2CCNCC2)cc1C. The van der Waals surface area contributed by atoms with Gasteiger partial charge in [0.25, 0.3) is 15.9 Å². The summed E-state index contributed by atoms with van der Waals surface area (Å²) in [5, 5.41) is 6.17. The number of sulfonamides is 1. The van der Waals surface area contributed by atoms with E-state index in [1.807, 2.05) is 39.8 Å². The molecule has 31 heavy (non-hydrogen) atoms. The third-order valence-electron chi connectivity index (χ3n) is 5.46. The van der Waals surface area contributed by atoms with Crippen LogP contribution in [-0.2, 0) is 10.0 Å². The summed E-state index contributed by atoms with van der Waals surface area (Å²) in [6.07, 6.45) is 0. The molecule has 8 heteroatoms. The fraction of sp³-hybridized carbons (Fsp3) is 0.435. The lowest BCUT2D eigenvalue weighted by molar-refractivity contribution is 0.0943. The molecule has 1 saturated heterocycles. The summed E-state index contributed by atoms with van der Waals surface area (Å²) >= 11 is 0. The van der Waals surface area contributed by atoms with Crippen molar-refractivity contribution in [2.45, 2.75) is 45.6 Å². The average Bonchev–Trinajstić information content (AvgIpc) is 2.70. The summed E-state index contributed by atoms with van der Waals surface area (Å²) in [6.45, 7) is 12.6. The lowest BCUT2D eigenvalue weighted by Crippen LogP contribution is -2.43. The van der Waals surface area contributed by atoms with Gasteiger partial charge >= 0.3 is 0 Å². The molecule has 0 atom stereocenters. The molecular weight excluding hydrogens is 412 g/mol. The largest absolute Gasteiger partial charge is 0.367 e. The molecular formula is C23H32N4O3S. The van der Waals surface area contributed by atoms with Gasteiger partial charge in [0.15, 0.2) is 0 Å². The van der Waals surface area contributed by atoms with Crippen LogP contribution in [0.1, 0.15) is 40.9 Å². The molecule has 3 N–H and O–H groups in total. The minimum absolute atomic E-state index is 0.0151. The normalized spacial score (nSPS) is 14.6. The van der Waals surface area contributed by atoms with Gasteiger partial charge < -0.3 is 15.5 Å². The Morgan fingerprint density at radius 1 is 1.00 bits per heavy atom. The van der Waals surface area contributed by atoms with Gasteiger partial charge in [-0.2, -0.15) is 0 Å². The zero-order valence-electron chi connectivity index (χ0n) is 18.9. The average molecular weight is 445 g/mol. The zero-order chi connectivity index (χ0) is 22.8. The lowest BCUT2D eigenvalue weighted by Gasteiger charge is -2.31. The van der Waals surface area contributed by atoms with E-state index in [1.165, 1.54) is 0 Å².